The van der Waals surface area contributed by atoms with Gasteiger partial charge in [0.15, 0.2) is 0 Å². The molecule has 1 saturated heterocycles. The summed E-state index contributed by atoms with van der Waals surface area (Å²) in [4.78, 5) is 0.819. The fraction of sp³-hybridized carbons (Fsp3) is 0.857. The third-order valence-electron chi connectivity index (χ3n) is 1.95. The molecule has 0 amide bonds. The van der Waals surface area contributed by atoms with Gasteiger partial charge in [-0.15, -0.1) is 0 Å². The van der Waals surface area contributed by atoms with Crippen molar-refractivity contribution in [1.82, 2.24) is 9.99 Å². The van der Waals surface area contributed by atoms with Crippen molar-refractivity contribution in [2.45, 2.75) is 18.6 Å². The molecule has 1 heterocycles. The van der Waals surface area contributed by atoms with E-state index in [1.807, 2.05) is 0 Å². The number of nitrogens with one attached hydrogen (secondary N) is 1. The molecule has 7 heteroatoms. The third-order valence-corrected chi connectivity index (χ3v) is 2.83. The van der Waals surface area contributed by atoms with Crippen LogP contribution < -0.4 is 5.32 Å². The summed E-state index contributed by atoms with van der Waals surface area (Å²) in [5.41, 5.74) is 0. The summed E-state index contributed by atoms with van der Waals surface area (Å²) in [6.45, 7) is 0.148. The molecular weight excluding hydrogens is 232 g/mol. The van der Waals surface area contributed by atoms with Crippen molar-refractivity contribution < 1.29 is 13.2 Å². The lowest BCUT2D eigenvalue weighted by atomic mass is 10.2. The Hall–Kier alpha value is 0.230. The van der Waals surface area contributed by atoms with Gasteiger partial charge in [-0.1, -0.05) is 21.6 Å². The second kappa shape index (κ2) is 4.84. The van der Waals surface area contributed by atoms with Crippen LogP contribution in [-0.2, 0) is 0 Å². The average molecular weight is 244 g/mol. The summed E-state index contributed by atoms with van der Waals surface area (Å²) in [5.74, 6) is 0. The van der Waals surface area contributed by atoms with Crippen LogP contribution in [0.5, 0.6) is 0 Å². The van der Waals surface area contributed by atoms with Crippen molar-refractivity contribution in [3.8, 4) is 0 Å². The number of halogens is 3. The van der Waals surface area contributed by atoms with Crippen LogP contribution >= 0.6 is 21.6 Å². The molecular formula is C7H12F3N2PS. The molecule has 14 heavy (non-hydrogen) atoms. The second-order valence-electron chi connectivity index (χ2n) is 3.27. The number of alkyl halides is 3. The third kappa shape index (κ3) is 4.17. The fourth-order valence-electron chi connectivity index (χ4n) is 1.35. The smallest absolute Gasteiger partial charge is 0.308 e. The summed E-state index contributed by atoms with van der Waals surface area (Å²) >= 11 is 5.02. The zero-order chi connectivity index (χ0) is 10.8. The molecule has 82 valence electrons. The molecule has 1 rings (SSSR count). The Morgan fingerprint density at radius 1 is 1.57 bits per heavy atom. The summed E-state index contributed by atoms with van der Waals surface area (Å²) in [5, 5.41) is 3.06. The minimum Gasteiger partial charge on any atom is -0.308 e. The predicted molar refractivity (Wildman–Crippen MR) is 56.3 cm³/mol. The number of hydrogen-bond donors (Lipinski definition) is 1. The van der Waals surface area contributed by atoms with Gasteiger partial charge < -0.3 is 5.32 Å². The normalized spacial score (nSPS) is 23.5. The Kier molecular flexibility index (Phi) is 4.25. The Labute approximate surface area is 88.5 Å². The Bertz CT molecular complexity index is 221. The molecule has 1 N–H and O–H groups in total. The maximum absolute atomic E-state index is 12.0. The molecule has 1 aliphatic rings. The van der Waals surface area contributed by atoms with Crippen molar-refractivity contribution in [2.24, 2.45) is 0 Å². The second-order valence-corrected chi connectivity index (χ2v) is 4.52. The molecule has 1 fully saturated rings. The van der Waals surface area contributed by atoms with Gasteiger partial charge in [-0.25, -0.2) is 0 Å². The van der Waals surface area contributed by atoms with Crippen LogP contribution in [0, 0.1) is 0 Å². The summed E-state index contributed by atoms with van der Waals surface area (Å²) < 4.78 is 37.1. The summed E-state index contributed by atoms with van der Waals surface area (Å²) in [6, 6.07) is -0.0788. The number of rotatable bonds is 3. The van der Waals surface area contributed by atoms with Gasteiger partial charge >= 0.3 is 6.18 Å². The first kappa shape index (κ1) is 12.3. The van der Waals surface area contributed by atoms with Crippen LogP contribution in [0.4, 0.5) is 13.2 Å². The fourth-order valence-corrected chi connectivity index (χ4v) is 2.03. The molecule has 0 spiro atoms. The van der Waals surface area contributed by atoms with E-state index in [4.69, 9.17) is 12.2 Å². The first-order valence-electron chi connectivity index (χ1n) is 4.21. The van der Waals surface area contributed by atoms with Gasteiger partial charge in [-0.2, -0.15) is 13.2 Å². The van der Waals surface area contributed by atoms with Crippen molar-refractivity contribution in [3.05, 3.63) is 0 Å². The summed E-state index contributed by atoms with van der Waals surface area (Å²) in [6.07, 6.45) is -3.37. The minimum absolute atomic E-state index is 0.0788. The van der Waals surface area contributed by atoms with Crippen LogP contribution in [-0.4, -0.2) is 41.4 Å². The molecule has 1 aliphatic heterocycles. The van der Waals surface area contributed by atoms with Crippen LogP contribution in [0.3, 0.4) is 0 Å². The van der Waals surface area contributed by atoms with Gasteiger partial charge in [0.1, 0.15) is 0 Å². The highest BCUT2D eigenvalue weighted by molar-refractivity contribution is 7.80. The lowest BCUT2D eigenvalue weighted by Gasteiger charge is -2.21. The number of hydrogen-bond acceptors (Lipinski definition) is 3. The van der Waals surface area contributed by atoms with E-state index < -0.39 is 12.7 Å². The monoisotopic (exact) mass is 244 g/mol. The maximum Gasteiger partial charge on any atom is 0.401 e. The zero-order valence-electron chi connectivity index (χ0n) is 7.47. The highest BCUT2D eigenvalue weighted by Gasteiger charge is 2.31. The van der Waals surface area contributed by atoms with Crippen LogP contribution in [0.25, 0.3) is 0 Å². The van der Waals surface area contributed by atoms with E-state index >= 15 is 0 Å². The molecule has 0 aliphatic carbocycles. The van der Waals surface area contributed by atoms with Gasteiger partial charge in [0.25, 0.3) is 0 Å². The highest BCUT2D eigenvalue weighted by Crippen LogP contribution is 2.19. The van der Waals surface area contributed by atoms with Gasteiger partial charge in [0.2, 0.25) is 0 Å². The van der Waals surface area contributed by atoms with Crippen molar-refractivity contribution in [2.75, 3.05) is 19.6 Å². The molecule has 0 aromatic carbocycles. The van der Waals surface area contributed by atoms with Crippen molar-refractivity contribution in [3.63, 3.8) is 0 Å². The number of thiocarbonyl (C=S) groups is 1. The van der Waals surface area contributed by atoms with E-state index in [9.17, 15) is 13.2 Å². The van der Waals surface area contributed by atoms with E-state index in [2.05, 4.69) is 14.7 Å². The van der Waals surface area contributed by atoms with E-state index in [1.54, 1.807) is 0 Å². The molecule has 0 radical (unpaired) electrons. The summed E-state index contributed by atoms with van der Waals surface area (Å²) in [7, 11) is 2.08. The van der Waals surface area contributed by atoms with Crippen LogP contribution in [0.15, 0.2) is 0 Å². The van der Waals surface area contributed by atoms with Gasteiger partial charge in [-0.05, 0) is 6.42 Å². The first-order valence-corrected chi connectivity index (χ1v) is 5.13. The van der Waals surface area contributed by atoms with Gasteiger partial charge in [-0.3, -0.25) is 4.67 Å². The molecule has 0 bridgehead atoms. The quantitative estimate of drug-likeness (QED) is 0.596. The highest BCUT2D eigenvalue weighted by atomic mass is 32.1. The first-order chi connectivity index (χ1) is 6.38. The maximum atomic E-state index is 12.0. The molecule has 2 atom stereocenters. The minimum atomic E-state index is -4.15. The molecule has 0 aromatic rings. The SMILES string of the molecule is FC(F)(F)CN(P)CC1NCCC1=S. The average Bonchev–Trinajstić information content (AvgIpc) is 2.32. The Balaban J connectivity index is 2.33. The molecule has 0 saturated carbocycles. The van der Waals surface area contributed by atoms with Crippen LogP contribution in [0.1, 0.15) is 6.42 Å². The van der Waals surface area contributed by atoms with Crippen LogP contribution in [0.2, 0.25) is 0 Å². The van der Waals surface area contributed by atoms with Crippen molar-refractivity contribution in [1.29, 1.82) is 0 Å². The predicted octanol–water partition coefficient (Wildman–Crippen LogP) is 1.37. The molecule has 0 aromatic heterocycles. The molecule has 2 unspecified atom stereocenters. The van der Waals surface area contributed by atoms with Gasteiger partial charge in [0.05, 0.1) is 12.6 Å². The standard InChI is InChI=1S/C7H12F3N2PS/c8-7(9,10)4-12(13)3-5-6(14)1-2-11-5/h5,11H,1-4,13H2. The van der Waals surface area contributed by atoms with E-state index in [1.165, 1.54) is 0 Å². The van der Waals surface area contributed by atoms with Gasteiger partial charge in [0, 0.05) is 18.0 Å². The van der Waals surface area contributed by atoms with E-state index in [0.29, 0.717) is 6.54 Å². The lowest BCUT2D eigenvalue weighted by molar-refractivity contribution is -0.135. The largest absolute Gasteiger partial charge is 0.401 e. The lowest BCUT2D eigenvalue weighted by Crippen LogP contribution is -2.39. The Morgan fingerprint density at radius 3 is 2.64 bits per heavy atom. The van der Waals surface area contributed by atoms with E-state index in [-0.39, 0.29) is 6.04 Å². The molecule has 2 nitrogen and oxygen atoms in total. The number of nitrogens with zero attached hydrogens (tertiary/aromatic N) is 1. The van der Waals surface area contributed by atoms with Crippen molar-refractivity contribution >= 4 is 26.5 Å². The topological polar surface area (TPSA) is 15.3 Å². The zero-order valence-corrected chi connectivity index (χ0v) is 9.44. The Morgan fingerprint density at radius 2 is 2.21 bits per heavy atom. The van der Waals surface area contributed by atoms with E-state index in [0.717, 1.165) is 22.5 Å².